The zero-order chi connectivity index (χ0) is 16.9. The van der Waals surface area contributed by atoms with Gasteiger partial charge >= 0.3 is 0 Å². The molecule has 0 saturated carbocycles. The van der Waals surface area contributed by atoms with Crippen LogP contribution in [-0.4, -0.2) is 6.61 Å². The number of fused-ring (bicyclic) bond motifs is 1. The van der Waals surface area contributed by atoms with Crippen LogP contribution in [0.3, 0.4) is 0 Å². The van der Waals surface area contributed by atoms with Gasteiger partial charge in [-0.15, -0.1) is 0 Å². The predicted molar refractivity (Wildman–Crippen MR) is 102 cm³/mol. The van der Waals surface area contributed by atoms with Gasteiger partial charge in [0.25, 0.3) is 0 Å². The van der Waals surface area contributed by atoms with Crippen molar-refractivity contribution in [3.63, 3.8) is 0 Å². The molecular formula is C23H30O. The zero-order valence-electron chi connectivity index (χ0n) is 15.4. The SMILES string of the molecule is Cc1cc(C)cc(OCC(C)CCCCc2ccc3c(c2)CC3)c1. The normalized spacial score (nSPS) is 14.0. The van der Waals surface area contributed by atoms with Crippen LogP contribution in [0.1, 0.15) is 54.0 Å². The van der Waals surface area contributed by atoms with Crippen LogP contribution in [0, 0.1) is 19.8 Å². The van der Waals surface area contributed by atoms with Gasteiger partial charge in [-0.3, -0.25) is 0 Å². The summed E-state index contributed by atoms with van der Waals surface area (Å²) < 4.78 is 5.98. The summed E-state index contributed by atoms with van der Waals surface area (Å²) in [5.41, 5.74) is 7.22. The lowest BCUT2D eigenvalue weighted by Gasteiger charge is -2.19. The van der Waals surface area contributed by atoms with E-state index in [1.165, 1.54) is 55.2 Å². The van der Waals surface area contributed by atoms with E-state index in [1.54, 1.807) is 11.1 Å². The van der Waals surface area contributed by atoms with E-state index in [1.807, 2.05) is 0 Å². The Balaban J connectivity index is 1.34. The molecule has 0 N–H and O–H groups in total. The molecule has 1 heteroatoms. The Kier molecular flexibility index (Phi) is 5.60. The molecule has 0 aromatic heterocycles. The fourth-order valence-corrected chi connectivity index (χ4v) is 3.56. The Hall–Kier alpha value is -1.76. The third kappa shape index (κ3) is 4.63. The van der Waals surface area contributed by atoms with Crippen molar-refractivity contribution < 1.29 is 4.74 Å². The molecule has 0 bridgehead atoms. The lowest BCUT2D eigenvalue weighted by atomic mass is 9.86. The zero-order valence-corrected chi connectivity index (χ0v) is 15.4. The highest BCUT2D eigenvalue weighted by molar-refractivity contribution is 5.38. The van der Waals surface area contributed by atoms with Gasteiger partial charge in [0.05, 0.1) is 6.61 Å². The molecule has 24 heavy (non-hydrogen) atoms. The molecule has 0 radical (unpaired) electrons. The lowest BCUT2D eigenvalue weighted by Crippen LogP contribution is -2.09. The summed E-state index contributed by atoms with van der Waals surface area (Å²) in [5, 5.41) is 0. The highest BCUT2D eigenvalue weighted by Gasteiger charge is 2.12. The fraction of sp³-hybridized carbons (Fsp3) is 0.478. The topological polar surface area (TPSA) is 9.23 Å². The molecule has 3 rings (SSSR count). The van der Waals surface area contributed by atoms with Crippen LogP contribution in [0.4, 0.5) is 0 Å². The van der Waals surface area contributed by atoms with E-state index in [-0.39, 0.29) is 0 Å². The van der Waals surface area contributed by atoms with Gasteiger partial charge in [-0.1, -0.05) is 37.6 Å². The van der Waals surface area contributed by atoms with Gasteiger partial charge in [-0.05, 0) is 91.8 Å². The Morgan fingerprint density at radius 1 is 0.917 bits per heavy atom. The van der Waals surface area contributed by atoms with Crippen LogP contribution in [0.15, 0.2) is 36.4 Å². The number of unbranched alkanes of at least 4 members (excludes halogenated alkanes) is 1. The van der Waals surface area contributed by atoms with Crippen molar-refractivity contribution in [3.8, 4) is 5.75 Å². The first-order valence-electron chi connectivity index (χ1n) is 9.42. The number of rotatable bonds is 8. The average Bonchev–Trinajstić information content (AvgIpc) is 2.51. The molecule has 1 aliphatic carbocycles. The summed E-state index contributed by atoms with van der Waals surface area (Å²) in [7, 11) is 0. The van der Waals surface area contributed by atoms with Crippen molar-refractivity contribution in [2.45, 2.75) is 59.3 Å². The summed E-state index contributed by atoms with van der Waals surface area (Å²) in [5.74, 6) is 1.63. The van der Waals surface area contributed by atoms with Crippen LogP contribution < -0.4 is 4.74 Å². The average molecular weight is 322 g/mol. The molecule has 1 aliphatic rings. The Bertz CT molecular complexity index is 666. The number of benzene rings is 2. The van der Waals surface area contributed by atoms with Crippen LogP contribution in [0.2, 0.25) is 0 Å². The summed E-state index contributed by atoms with van der Waals surface area (Å²) in [6, 6.07) is 13.5. The smallest absolute Gasteiger partial charge is 0.119 e. The van der Waals surface area contributed by atoms with Crippen LogP contribution in [-0.2, 0) is 19.3 Å². The second-order valence-electron chi connectivity index (χ2n) is 7.59. The summed E-state index contributed by atoms with van der Waals surface area (Å²) in [6.07, 6.45) is 7.61. The Morgan fingerprint density at radius 3 is 2.33 bits per heavy atom. The molecule has 0 aliphatic heterocycles. The molecule has 0 saturated heterocycles. The quantitative estimate of drug-likeness (QED) is 0.556. The number of hydrogen-bond acceptors (Lipinski definition) is 1. The molecular weight excluding hydrogens is 292 g/mol. The molecule has 1 nitrogen and oxygen atoms in total. The van der Waals surface area contributed by atoms with Gasteiger partial charge < -0.3 is 4.74 Å². The summed E-state index contributed by atoms with van der Waals surface area (Å²) >= 11 is 0. The van der Waals surface area contributed by atoms with Gasteiger partial charge in [-0.2, -0.15) is 0 Å². The van der Waals surface area contributed by atoms with Crippen molar-refractivity contribution >= 4 is 0 Å². The first-order chi connectivity index (χ1) is 11.6. The van der Waals surface area contributed by atoms with Crippen LogP contribution in [0.25, 0.3) is 0 Å². The first kappa shape index (κ1) is 17.1. The summed E-state index contributed by atoms with van der Waals surface area (Å²) in [4.78, 5) is 0. The van der Waals surface area contributed by atoms with Gasteiger partial charge in [-0.25, -0.2) is 0 Å². The summed E-state index contributed by atoms with van der Waals surface area (Å²) in [6.45, 7) is 7.37. The van der Waals surface area contributed by atoms with E-state index in [0.717, 1.165) is 12.4 Å². The van der Waals surface area contributed by atoms with Crippen LogP contribution in [0.5, 0.6) is 5.75 Å². The van der Waals surface area contributed by atoms with Gasteiger partial charge in [0, 0.05) is 0 Å². The van der Waals surface area contributed by atoms with E-state index in [9.17, 15) is 0 Å². The van der Waals surface area contributed by atoms with Crippen molar-refractivity contribution in [3.05, 3.63) is 64.2 Å². The van der Waals surface area contributed by atoms with E-state index >= 15 is 0 Å². The molecule has 2 aromatic rings. The molecule has 1 unspecified atom stereocenters. The molecule has 0 fully saturated rings. The minimum atomic E-state index is 0.614. The van der Waals surface area contributed by atoms with Crippen LogP contribution >= 0.6 is 0 Å². The minimum absolute atomic E-state index is 0.614. The minimum Gasteiger partial charge on any atom is -0.493 e. The number of aryl methyl sites for hydroxylation is 5. The maximum atomic E-state index is 5.98. The fourth-order valence-electron chi connectivity index (χ4n) is 3.56. The predicted octanol–water partition coefficient (Wildman–Crippen LogP) is 5.83. The molecule has 2 aromatic carbocycles. The van der Waals surface area contributed by atoms with Crippen molar-refractivity contribution in [1.82, 2.24) is 0 Å². The monoisotopic (exact) mass is 322 g/mol. The van der Waals surface area contributed by atoms with Gasteiger partial charge in [0.1, 0.15) is 5.75 Å². The second-order valence-corrected chi connectivity index (χ2v) is 7.59. The first-order valence-corrected chi connectivity index (χ1v) is 9.42. The van der Waals surface area contributed by atoms with E-state index in [0.29, 0.717) is 5.92 Å². The molecule has 0 amide bonds. The third-order valence-electron chi connectivity index (χ3n) is 5.08. The van der Waals surface area contributed by atoms with Crippen molar-refractivity contribution in [1.29, 1.82) is 0 Å². The molecule has 128 valence electrons. The van der Waals surface area contributed by atoms with E-state index in [4.69, 9.17) is 4.74 Å². The lowest BCUT2D eigenvalue weighted by molar-refractivity contribution is 0.249. The number of ether oxygens (including phenoxy) is 1. The highest BCUT2D eigenvalue weighted by atomic mass is 16.5. The van der Waals surface area contributed by atoms with Crippen molar-refractivity contribution in [2.24, 2.45) is 5.92 Å². The Labute approximate surface area is 147 Å². The van der Waals surface area contributed by atoms with Crippen molar-refractivity contribution in [2.75, 3.05) is 6.61 Å². The maximum absolute atomic E-state index is 5.98. The highest BCUT2D eigenvalue weighted by Crippen LogP contribution is 2.24. The number of hydrogen-bond donors (Lipinski definition) is 0. The Morgan fingerprint density at radius 2 is 1.67 bits per heavy atom. The third-order valence-corrected chi connectivity index (χ3v) is 5.08. The van der Waals surface area contributed by atoms with E-state index in [2.05, 4.69) is 57.2 Å². The standard InChI is InChI=1S/C23H30O/c1-17(16-24-23-13-18(2)12-19(3)14-23)6-4-5-7-20-8-9-21-10-11-22(21)15-20/h8-9,12-15,17H,4-7,10-11,16H2,1-3H3. The largest absolute Gasteiger partial charge is 0.493 e. The van der Waals surface area contributed by atoms with E-state index < -0.39 is 0 Å². The molecule has 0 heterocycles. The molecule has 1 atom stereocenters. The van der Waals surface area contributed by atoms with Gasteiger partial charge in [0.2, 0.25) is 0 Å². The van der Waals surface area contributed by atoms with Gasteiger partial charge in [0.15, 0.2) is 0 Å². The molecule has 0 spiro atoms. The maximum Gasteiger partial charge on any atom is 0.119 e. The second kappa shape index (κ2) is 7.88.